The highest BCUT2D eigenvalue weighted by Gasteiger charge is 2.05. The highest BCUT2D eigenvalue weighted by atomic mass is 127. The third kappa shape index (κ3) is 1.03. The Morgan fingerprint density at radius 1 is 1.42 bits per heavy atom. The first-order valence-corrected chi connectivity index (χ1v) is 4.88. The van der Waals surface area contributed by atoms with Gasteiger partial charge in [0.1, 0.15) is 9.35 Å². The van der Waals surface area contributed by atoms with Crippen LogP contribution in [0.5, 0.6) is 0 Å². The van der Waals surface area contributed by atoms with E-state index in [1.54, 1.807) is 0 Å². The van der Waals surface area contributed by atoms with E-state index in [2.05, 4.69) is 45.0 Å². The first kappa shape index (κ1) is 8.04. The molecule has 2 aromatic rings. The van der Waals surface area contributed by atoms with Gasteiger partial charge in [-0.3, -0.25) is 4.40 Å². The number of halogens is 1. The summed E-state index contributed by atoms with van der Waals surface area (Å²) in [5.74, 6) is 0. The van der Waals surface area contributed by atoms with Gasteiger partial charge >= 0.3 is 0 Å². The lowest BCUT2D eigenvalue weighted by atomic mass is 10.3. The molecule has 2 aromatic heterocycles. The van der Waals surface area contributed by atoms with E-state index in [0.29, 0.717) is 0 Å². The summed E-state index contributed by atoms with van der Waals surface area (Å²) in [7, 11) is 0. The number of fused-ring (bicyclic) bond motifs is 1. The third-order valence-corrected chi connectivity index (χ3v) is 3.25. The summed E-state index contributed by atoms with van der Waals surface area (Å²) in [6.07, 6.45) is 2.05. The van der Waals surface area contributed by atoms with Crippen molar-refractivity contribution in [1.82, 2.24) is 9.38 Å². The molecular formula is C9H9IN2. The topological polar surface area (TPSA) is 17.3 Å². The highest BCUT2D eigenvalue weighted by molar-refractivity contribution is 14.1. The Kier molecular flexibility index (Phi) is 1.83. The Labute approximate surface area is 84.8 Å². The van der Waals surface area contributed by atoms with Gasteiger partial charge in [-0.25, -0.2) is 4.98 Å². The van der Waals surface area contributed by atoms with Gasteiger partial charge in [0.05, 0.1) is 5.69 Å². The second kappa shape index (κ2) is 2.73. The summed E-state index contributed by atoms with van der Waals surface area (Å²) in [6, 6.07) is 4.13. The van der Waals surface area contributed by atoms with E-state index >= 15 is 0 Å². The Balaban J connectivity index is 2.95. The summed E-state index contributed by atoms with van der Waals surface area (Å²) in [5.41, 5.74) is 3.40. The number of hydrogen-bond donors (Lipinski definition) is 0. The molecule has 0 saturated heterocycles. The molecule has 2 nitrogen and oxygen atoms in total. The number of nitrogens with zero attached hydrogens (tertiary/aromatic N) is 2. The molecule has 62 valence electrons. The lowest BCUT2D eigenvalue weighted by molar-refractivity contribution is 1.13. The van der Waals surface area contributed by atoms with Crippen molar-refractivity contribution < 1.29 is 0 Å². The molecule has 0 aliphatic rings. The molecule has 0 saturated carbocycles. The number of imidazole rings is 1. The van der Waals surface area contributed by atoms with Crippen LogP contribution in [-0.4, -0.2) is 9.38 Å². The van der Waals surface area contributed by atoms with Gasteiger partial charge in [0.25, 0.3) is 0 Å². The molecule has 0 bridgehead atoms. The molecule has 0 N–H and O–H groups in total. The first-order valence-electron chi connectivity index (χ1n) is 3.80. The van der Waals surface area contributed by atoms with Crippen LogP contribution >= 0.6 is 22.6 Å². The van der Waals surface area contributed by atoms with Gasteiger partial charge in [-0.2, -0.15) is 0 Å². The maximum Gasteiger partial charge on any atom is 0.140 e. The van der Waals surface area contributed by atoms with E-state index in [4.69, 9.17) is 0 Å². The first-order chi connectivity index (χ1) is 5.70. The lowest BCUT2D eigenvalue weighted by Crippen LogP contribution is -1.87. The summed E-state index contributed by atoms with van der Waals surface area (Å²) < 4.78 is 3.32. The van der Waals surface area contributed by atoms with Crippen molar-refractivity contribution in [3.05, 3.63) is 33.3 Å². The maximum atomic E-state index is 4.47. The van der Waals surface area contributed by atoms with Crippen molar-refractivity contribution in [1.29, 1.82) is 0 Å². The van der Waals surface area contributed by atoms with E-state index in [0.717, 1.165) is 11.3 Å². The van der Waals surface area contributed by atoms with Gasteiger partial charge in [-0.05, 0) is 48.1 Å². The fraction of sp³-hybridized carbons (Fsp3) is 0.222. The predicted octanol–water partition coefficient (Wildman–Crippen LogP) is 2.56. The van der Waals surface area contributed by atoms with Crippen LogP contribution in [0.2, 0.25) is 0 Å². The zero-order valence-corrected chi connectivity index (χ0v) is 9.16. The zero-order chi connectivity index (χ0) is 8.72. The molecule has 2 rings (SSSR count). The lowest BCUT2D eigenvalue weighted by Gasteiger charge is -1.96. The summed E-state index contributed by atoms with van der Waals surface area (Å²) >= 11 is 2.31. The second-order valence-electron chi connectivity index (χ2n) is 2.87. The van der Waals surface area contributed by atoms with Gasteiger partial charge < -0.3 is 0 Å². The van der Waals surface area contributed by atoms with Crippen molar-refractivity contribution >= 4 is 28.2 Å². The average molecular weight is 272 g/mol. The minimum absolute atomic E-state index is 1.07. The van der Waals surface area contributed by atoms with Crippen LogP contribution < -0.4 is 0 Å². The van der Waals surface area contributed by atoms with Crippen LogP contribution in [0.1, 0.15) is 11.3 Å². The number of aromatic nitrogens is 2. The molecule has 3 heteroatoms. The number of rotatable bonds is 0. The Bertz CT molecular complexity index is 431. The quantitative estimate of drug-likeness (QED) is 0.674. The molecule has 0 spiro atoms. The molecule has 12 heavy (non-hydrogen) atoms. The largest absolute Gasteiger partial charge is 0.294 e. The Morgan fingerprint density at radius 3 is 2.83 bits per heavy atom. The Hall–Kier alpha value is -0.580. The molecule has 2 heterocycles. The average Bonchev–Trinajstić information content (AvgIpc) is 2.32. The SMILES string of the molecule is Cc1nc2c(C)cccn2c1I. The molecule has 0 unspecified atom stereocenters. The van der Waals surface area contributed by atoms with Crippen LogP contribution in [0.15, 0.2) is 18.3 Å². The minimum Gasteiger partial charge on any atom is -0.294 e. The smallest absolute Gasteiger partial charge is 0.140 e. The van der Waals surface area contributed by atoms with Gasteiger partial charge in [0.2, 0.25) is 0 Å². The van der Waals surface area contributed by atoms with Crippen molar-refractivity contribution in [2.24, 2.45) is 0 Å². The standard InChI is InChI=1S/C9H9IN2/c1-6-4-3-5-12-8(10)7(2)11-9(6)12/h3-5H,1-2H3. The van der Waals surface area contributed by atoms with Crippen molar-refractivity contribution in [2.75, 3.05) is 0 Å². The highest BCUT2D eigenvalue weighted by Crippen LogP contribution is 2.16. The van der Waals surface area contributed by atoms with Crippen molar-refractivity contribution in [3.8, 4) is 0 Å². The van der Waals surface area contributed by atoms with E-state index in [9.17, 15) is 0 Å². The molecular weight excluding hydrogens is 263 g/mol. The van der Waals surface area contributed by atoms with Crippen LogP contribution in [0.3, 0.4) is 0 Å². The van der Waals surface area contributed by atoms with Gasteiger partial charge in [0, 0.05) is 6.20 Å². The van der Waals surface area contributed by atoms with E-state index in [1.807, 2.05) is 19.2 Å². The molecule has 0 aromatic carbocycles. The molecule has 0 aliphatic heterocycles. The Morgan fingerprint density at radius 2 is 2.17 bits per heavy atom. The van der Waals surface area contributed by atoms with Crippen molar-refractivity contribution in [3.63, 3.8) is 0 Å². The van der Waals surface area contributed by atoms with Gasteiger partial charge in [-0.1, -0.05) is 6.07 Å². The molecule has 0 aliphatic carbocycles. The molecule has 0 atom stereocenters. The predicted molar refractivity (Wildman–Crippen MR) is 57.4 cm³/mol. The van der Waals surface area contributed by atoms with Crippen molar-refractivity contribution in [2.45, 2.75) is 13.8 Å². The minimum atomic E-state index is 1.07. The van der Waals surface area contributed by atoms with Crippen LogP contribution in [-0.2, 0) is 0 Å². The second-order valence-corrected chi connectivity index (χ2v) is 3.89. The third-order valence-electron chi connectivity index (χ3n) is 1.95. The summed E-state index contributed by atoms with van der Waals surface area (Å²) in [4.78, 5) is 4.47. The number of pyridine rings is 1. The van der Waals surface area contributed by atoms with E-state index in [-0.39, 0.29) is 0 Å². The fourth-order valence-electron chi connectivity index (χ4n) is 1.29. The number of aryl methyl sites for hydroxylation is 2. The molecule has 0 amide bonds. The summed E-state index contributed by atoms with van der Waals surface area (Å²) in [6.45, 7) is 4.12. The van der Waals surface area contributed by atoms with Gasteiger partial charge in [-0.15, -0.1) is 0 Å². The van der Waals surface area contributed by atoms with Gasteiger partial charge in [0.15, 0.2) is 0 Å². The van der Waals surface area contributed by atoms with E-state index in [1.165, 1.54) is 9.26 Å². The summed E-state index contributed by atoms with van der Waals surface area (Å²) in [5, 5.41) is 0. The van der Waals surface area contributed by atoms with E-state index < -0.39 is 0 Å². The normalized spacial score (nSPS) is 10.9. The monoisotopic (exact) mass is 272 g/mol. The maximum absolute atomic E-state index is 4.47. The number of hydrogen-bond acceptors (Lipinski definition) is 1. The molecule has 0 fully saturated rings. The zero-order valence-electron chi connectivity index (χ0n) is 7.00. The van der Waals surface area contributed by atoms with Crippen LogP contribution in [0, 0.1) is 17.5 Å². The van der Waals surface area contributed by atoms with Crippen LogP contribution in [0.4, 0.5) is 0 Å². The fourth-order valence-corrected chi connectivity index (χ4v) is 1.80. The molecule has 0 radical (unpaired) electrons. The van der Waals surface area contributed by atoms with Crippen LogP contribution in [0.25, 0.3) is 5.65 Å².